The van der Waals surface area contributed by atoms with Crippen molar-refractivity contribution in [3.8, 4) is 0 Å². The van der Waals surface area contributed by atoms with Crippen LogP contribution in [0.5, 0.6) is 0 Å². The van der Waals surface area contributed by atoms with Gasteiger partial charge in [-0.3, -0.25) is 9.69 Å². The van der Waals surface area contributed by atoms with Crippen molar-refractivity contribution >= 4 is 5.97 Å². The summed E-state index contributed by atoms with van der Waals surface area (Å²) in [6.45, 7) is 2.08. The highest BCUT2D eigenvalue weighted by molar-refractivity contribution is 5.73. The van der Waals surface area contributed by atoms with E-state index >= 15 is 0 Å². The summed E-state index contributed by atoms with van der Waals surface area (Å²) in [6.07, 6.45) is 4.54. The van der Waals surface area contributed by atoms with E-state index < -0.39 is 5.97 Å². The predicted molar refractivity (Wildman–Crippen MR) is 73.7 cm³/mol. The minimum atomic E-state index is -0.602. The lowest BCUT2D eigenvalue weighted by Crippen LogP contribution is -2.41. The summed E-state index contributed by atoms with van der Waals surface area (Å²) in [5.41, 5.74) is 1.34. The van der Waals surface area contributed by atoms with Crippen molar-refractivity contribution in [2.75, 3.05) is 6.54 Å². The maximum absolute atomic E-state index is 11.1. The Hall–Kier alpha value is -1.35. The molecule has 0 aromatic heterocycles. The zero-order valence-electron chi connectivity index (χ0n) is 11.2. The van der Waals surface area contributed by atoms with Crippen molar-refractivity contribution in [3.05, 3.63) is 35.9 Å². The maximum Gasteiger partial charge on any atom is 0.306 e. The largest absolute Gasteiger partial charge is 0.481 e. The van der Waals surface area contributed by atoms with E-state index in [0.717, 1.165) is 19.5 Å². The van der Waals surface area contributed by atoms with Gasteiger partial charge in [0.1, 0.15) is 0 Å². The number of carboxylic acid groups (broad SMARTS) is 1. The molecule has 3 heteroatoms. The van der Waals surface area contributed by atoms with Gasteiger partial charge in [0.05, 0.1) is 5.92 Å². The van der Waals surface area contributed by atoms with Crippen molar-refractivity contribution < 1.29 is 9.90 Å². The third-order valence-corrected chi connectivity index (χ3v) is 4.54. The second-order valence-corrected chi connectivity index (χ2v) is 5.86. The van der Waals surface area contributed by atoms with Gasteiger partial charge in [-0.1, -0.05) is 36.8 Å². The van der Waals surface area contributed by atoms with Gasteiger partial charge in [-0.05, 0) is 37.3 Å². The van der Waals surface area contributed by atoms with Gasteiger partial charge in [0.15, 0.2) is 0 Å². The first-order valence-electron chi connectivity index (χ1n) is 7.26. The first-order valence-corrected chi connectivity index (χ1v) is 7.26. The van der Waals surface area contributed by atoms with Crippen LogP contribution in [0.15, 0.2) is 30.3 Å². The molecule has 1 aromatic carbocycles. The lowest BCUT2D eigenvalue weighted by Gasteiger charge is -2.36. The number of rotatable bonds is 4. The number of piperidine rings is 1. The van der Waals surface area contributed by atoms with Crippen LogP contribution in [-0.4, -0.2) is 28.6 Å². The van der Waals surface area contributed by atoms with Crippen molar-refractivity contribution in [2.45, 2.75) is 38.3 Å². The fourth-order valence-electron chi connectivity index (χ4n) is 3.44. The zero-order valence-corrected chi connectivity index (χ0v) is 11.2. The van der Waals surface area contributed by atoms with Crippen LogP contribution in [0.25, 0.3) is 0 Å². The Morgan fingerprint density at radius 2 is 2.05 bits per heavy atom. The van der Waals surface area contributed by atoms with Crippen molar-refractivity contribution in [1.82, 2.24) is 4.90 Å². The van der Waals surface area contributed by atoms with Gasteiger partial charge in [0, 0.05) is 12.6 Å². The molecule has 3 atom stereocenters. The Morgan fingerprint density at radius 3 is 2.74 bits per heavy atom. The Bertz CT molecular complexity index is 445. The van der Waals surface area contributed by atoms with Crippen LogP contribution in [0.4, 0.5) is 0 Å². The van der Waals surface area contributed by atoms with E-state index in [9.17, 15) is 4.79 Å². The summed E-state index contributed by atoms with van der Waals surface area (Å²) < 4.78 is 0. The Morgan fingerprint density at radius 1 is 1.26 bits per heavy atom. The minimum absolute atomic E-state index is 0.0821. The fraction of sp³-hybridized carbons (Fsp3) is 0.562. The first kappa shape index (κ1) is 12.7. The number of likely N-dealkylation sites (tertiary alicyclic amines) is 1. The van der Waals surface area contributed by atoms with E-state index in [1.165, 1.54) is 24.8 Å². The van der Waals surface area contributed by atoms with Crippen LogP contribution in [0.2, 0.25) is 0 Å². The highest BCUT2D eigenvalue weighted by Gasteiger charge is 2.49. The summed E-state index contributed by atoms with van der Waals surface area (Å²) in [6, 6.07) is 11.0. The Balaban J connectivity index is 1.66. The van der Waals surface area contributed by atoms with Gasteiger partial charge in [0.2, 0.25) is 0 Å². The van der Waals surface area contributed by atoms with Gasteiger partial charge < -0.3 is 5.11 Å². The minimum Gasteiger partial charge on any atom is -0.481 e. The first-order chi connectivity index (χ1) is 9.25. The Labute approximate surface area is 114 Å². The molecular formula is C16H21NO2. The van der Waals surface area contributed by atoms with Crippen LogP contribution < -0.4 is 0 Å². The standard InChI is InChI=1S/C16H21NO2/c18-16(19)14-10-13(14)15-8-4-5-9-17(15)11-12-6-2-1-3-7-12/h1-3,6-7,13-15H,4-5,8-11H2,(H,18,19). The zero-order chi connectivity index (χ0) is 13.2. The molecule has 1 aromatic rings. The monoisotopic (exact) mass is 259 g/mol. The highest BCUT2D eigenvalue weighted by atomic mass is 16.4. The number of aliphatic carboxylic acids is 1. The molecule has 0 amide bonds. The summed E-state index contributed by atoms with van der Waals surface area (Å²) >= 11 is 0. The van der Waals surface area contributed by atoms with Gasteiger partial charge in [-0.15, -0.1) is 0 Å². The lowest BCUT2D eigenvalue weighted by molar-refractivity contribution is -0.139. The second-order valence-electron chi connectivity index (χ2n) is 5.86. The third-order valence-electron chi connectivity index (χ3n) is 4.54. The summed E-state index contributed by atoms with van der Waals surface area (Å²) in [4.78, 5) is 13.6. The molecule has 19 heavy (non-hydrogen) atoms. The van der Waals surface area contributed by atoms with E-state index in [4.69, 9.17) is 5.11 Å². The van der Waals surface area contributed by atoms with E-state index in [1.54, 1.807) is 0 Å². The number of carbonyl (C=O) groups is 1. The average molecular weight is 259 g/mol. The summed E-state index contributed by atoms with van der Waals surface area (Å²) in [5.74, 6) is -0.293. The molecule has 2 fully saturated rings. The van der Waals surface area contributed by atoms with E-state index in [-0.39, 0.29) is 5.92 Å². The second kappa shape index (κ2) is 5.33. The molecule has 3 rings (SSSR count). The van der Waals surface area contributed by atoms with Crippen molar-refractivity contribution in [1.29, 1.82) is 0 Å². The molecule has 1 N–H and O–H groups in total. The quantitative estimate of drug-likeness (QED) is 0.904. The van der Waals surface area contributed by atoms with E-state index in [1.807, 2.05) is 6.07 Å². The molecule has 3 unspecified atom stereocenters. The average Bonchev–Trinajstić information content (AvgIpc) is 3.21. The van der Waals surface area contributed by atoms with Gasteiger partial charge in [-0.2, -0.15) is 0 Å². The summed E-state index contributed by atoms with van der Waals surface area (Å²) in [5, 5.41) is 9.11. The van der Waals surface area contributed by atoms with Gasteiger partial charge >= 0.3 is 5.97 Å². The van der Waals surface area contributed by atoms with Crippen LogP contribution >= 0.6 is 0 Å². The normalized spacial score (nSPS) is 31.1. The topological polar surface area (TPSA) is 40.5 Å². The molecule has 1 heterocycles. The molecule has 0 radical (unpaired) electrons. The number of hydrogen-bond donors (Lipinski definition) is 1. The van der Waals surface area contributed by atoms with Crippen LogP contribution in [0, 0.1) is 11.8 Å². The van der Waals surface area contributed by atoms with Crippen LogP contribution in [0.1, 0.15) is 31.2 Å². The fourth-order valence-corrected chi connectivity index (χ4v) is 3.44. The lowest BCUT2D eigenvalue weighted by atomic mass is 9.96. The van der Waals surface area contributed by atoms with E-state index in [0.29, 0.717) is 12.0 Å². The maximum atomic E-state index is 11.1. The van der Waals surface area contributed by atoms with Gasteiger partial charge in [-0.25, -0.2) is 0 Å². The number of nitrogens with zero attached hydrogens (tertiary/aromatic N) is 1. The molecule has 1 saturated heterocycles. The molecular weight excluding hydrogens is 238 g/mol. The number of benzene rings is 1. The highest BCUT2D eigenvalue weighted by Crippen LogP contribution is 2.46. The molecule has 0 spiro atoms. The molecule has 102 valence electrons. The molecule has 1 aliphatic carbocycles. The van der Waals surface area contributed by atoms with Gasteiger partial charge in [0.25, 0.3) is 0 Å². The molecule has 1 aliphatic heterocycles. The number of hydrogen-bond acceptors (Lipinski definition) is 2. The number of carboxylic acids is 1. The smallest absolute Gasteiger partial charge is 0.306 e. The van der Waals surface area contributed by atoms with Crippen molar-refractivity contribution in [3.63, 3.8) is 0 Å². The summed E-state index contributed by atoms with van der Waals surface area (Å²) in [7, 11) is 0. The van der Waals surface area contributed by atoms with E-state index in [2.05, 4.69) is 29.2 Å². The predicted octanol–water partition coefficient (Wildman–Crippen LogP) is 2.76. The molecule has 0 bridgehead atoms. The molecule has 1 saturated carbocycles. The van der Waals surface area contributed by atoms with Crippen molar-refractivity contribution in [2.24, 2.45) is 11.8 Å². The van der Waals surface area contributed by atoms with Crippen LogP contribution in [-0.2, 0) is 11.3 Å². The molecule has 3 nitrogen and oxygen atoms in total. The third kappa shape index (κ3) is 2.81. The SMILES string of the molecule is O=C(O)C1CC1C1CCCCN1Cc1ccccc1. The Kier molecular flexibility index (Phi) is 3.56. The molecule has 2 aliphatic rings. The van der Waals surface area contributed by atoms with Crippen LogP contribution in [0.3, 0.4) is 0 Å².